The molecule has 0 aliphatic heterocycles. The molecule has 4 aromatic rings. The summed E-state index contributed by atoms with van der Waals surface area (Å²) in [4.78, 5) is 20.9. The van der Waals surface area contributed by atoms with Gasteiger partial charge < -0.3 is 14.0 Å². The van der Waals surface area contributed by atoms with E-state index in [-0.39, 0.29) is 35.7 Å². The fraction of sp³-hybridized carbons (Fsp3) is 0.269. The molecular formula is C26H22F2N4O4. The zero-order valence-corrected chi connectivity index (χ0v) is 19.6. The van der Waals surface area contributed by atoms with Crippen LogP contribution in [0.4, 0.5) is 8.78 Å². The number of carbonyl (C=O) groups is 1. The van der Waals surface area contributed by atoms with E-state index in [4.69, 9.17) is 14.0 Å². The van der Waals surface area contributed by atoms with Crippen LogP contribution < -0.4 is 4.74 Å². The SMILES string of the molecule is CC(C)OC(=O)CCc1nccc2c(-c3noc(-c4ccc(OCC(F)F)c(C#N)c4)n3)cccc12. The van der Waals surface area contributed by atoms with Gasteiger partial charge in [0.2, 0.25) is 5.82 Å². The molecule has 0 saturated carbocycles. The molecule has 0 amide bonds. The van der Waals surface area contributed by atoms with Gasteiger partial charge in [-0.3, -0.25) is 9.78 Å². The van der Waals surface area contributed by atoms with Gasteiger partial charge in [-0.05, 0) is 43.5 Å². The fourth-order valence-electron chi connectivity index (χ4n) is 3.68. The van der Waals surface area contributed by atoms with E-state index in [1.165, 1.54) is 12.1 Å². The Hall–Kier alpha value is -4.39. The lowest BCUT2D eigenvalue weighted by atomic mass is 10.0. The second kappa shape index (κ2) is 10.9. The highest BCUT2D eigenvalue weighted by Gasteiger charge is 2.17. The molecule has 10 heteroatoms. The molecule has 2 aromatic heterocycles. The Bertz CT molecular complexity index is 1430. The summed E-state index contributed by atoms with van der Waals surface area (Å²) in [7, 11) is 0. The second-order valence-corrected chi connectivity index (χ2v) is 8.14. The van der Waals surface area contributed by atoms with Gasteiger partial charge in [0.05, 0.1) is 18.1 Å². The molecule has 36 heavy (non-hydrogen) atoms. The molecule has 0 spiro atoms. The fourth-order valence-corrected chi connectivity index (χ4v) is 3.68. The number of hydrogen-bond acceptors (Lipinski definition) is 8. The summed E-state index contributed by atoms with van der Waals surface area (Å²) in [5.74, 6) is 0.242. The van der Waals surface area contributed by atoms with Crippen LogP contribution in [0.25, 0.3) is 33.6 Å². The molecule has 0 fully saturated rings. The van der Waals surface area contributed by atoms with Crippen molar-refractivity contribution in [3.8, 4) is 34.7 Å². The average molecular weight is 492 g/mol. The van der Waals surface area contributed by atoms with Crippen molar-refractivity contribution in [1.82, 2.24) is 15.1 Å². The number of aryl methyl sites for hydroxylation is 1. The lowest BCUT2D eigenvalue weighted by Gasteiger charge is -2.09. The van der Waals surface area contributed by atoms with Crippen molar-refractivity contribution < 1.29 is 27.6 Å². The number of hydrogen-bond donors (Lipinski definition) is 0. The summed E-state index contributed by atoms with van der Waals surface area (Å²) in [6.07, 6.45) is -0.546. The van der Waals surface area contributed by atoms with E-state index in [2.05, 4.69) is 15.1 Å². The second-order valence-electron chi connectivity index (χ2n) is 8.14. The van der Waals surface area contributed by atoms with Gasteiger partial charge in [0, 0.05) is 34.8 Å². The molecule has 8 nitrogen and oxygen atoms in total. The Morgan fingerprint density at radius 3 is 2.75 bits per heavy atom. The first-order chi connectivity index (χ1) is 17.4. The topological polar surface area (TPSA) is 111 Å². The number of nitrogens with zero attached hydrogens (tertiary/aromatic N) is 4. The summed E-state index contributed by atoms with van der Waals surface area (Å²) in [6, 6.07) is 13.8. The third-order valence-corrected chi connectivity index (χ3v) is 5.20. The van der Waals surface area contributed by atoms with Crippen LogP contribution in [0, 0.1) is 11.3 Å². The van der Waals surface area contributed by atoms with Gasteiger partial charge in [-0.15, -0.1) is 0 Å². The van der Waals surface area contributed by atoms with Crippen molar-refractivity contribution >= 4 is 16.7 Å². The predicted octanol–water partition coefficient (Wildman–Crippen LogP) is 5.35. The quantitative estimate of drug-likeness (QED) is 0.288. The van der Waals surface area contributed by atoms with Gasteiger partial charge in [0.15, 0.2) is 0 Å². The van der Waals surface area contributed by atoms with E-state index in [1.807, 2.05) is 30.3 Å². The maximum atomic E-state index is 12.5. The summed E-state index contributed by atoms with van der Waals surface area (Å²) in [6.45, 7) is 2.79. The highest BCUT2D eigenvalue weighted by Crippen LogP contribution is 2.31. The maximum Gasteiger partial charge on any atom is 0.306 e. The van der Waals surface area contributed by atoms with Crippen LogP contribution in [0.1, 0.15) is 31.5 Å². The van der Waals surface area contributed by atoms with Gasteiger partial charge in [0.25, 0.3) is 12.3 Å². The van der Waals surface area contributed by atoms with Gasteiger partial charge >= 0.3 is 5.97 Å². The molecular weight excluding hydrogens is 470 g/mol. The van der Waals surface area contributed by atoms with Crippen LogP contribution in [-0.4, -0.2) is 40.2 Å². The first-order valence-corrected chi connectivity index (χ1v) is 11.2. The van der Waals surface area contributed by atoms with Crippen LogP contribution in [0.15, 0.2) is 53.2 Å². The number of esters is 1. The number of alkyl halides is 2. The number of ether oxygens (including phenoxy) is 2. The standard InChI is InChI=1S/C26H22F2N4O4/c1-15(2)35-24(33)9-7-21-19-4-3-5-20(18(19)10-11-30-21)25-31-26(36-32-25)16-6-8-22(17(12-16)13-29)34-14-23(27)28/h3-6,8,10-12,15,23H,7,9,14H2,1-2H3. The predicted molar refractivity (Wildman–Crippen MR) is 126 cm³/mol. The maximum absolute atomic E-state index is 12.5. The molecule has 2 heterocycles. The average Bonchev–Trinajstić information content (AvgIpc) is 3.35. The largest absolute Gasteiger partial charge is 0.486 e. The molecule has 2 aromatic carbocycles. The number of pyridine rings is 1. The van der Waals surface area contributed by atoms with Crippen LogP contribution in [-0.2, 0) is 16.0 Å². The molecule has 0 atom stereocenters. The van der Waals surface area contributed by atoms with Crippen LogP contribution >= 0.6 is 0 Å². The normalized spacial score (nSPS) is 11.1. The van der Waals surface area contributed by atoms with E-state index < -0.39 is 13.0 Å². The number of aromatic nitrogens is 3. The van der Waals surface area contributed by atoms with E-state index in [0.717, 1.165) is 16.5 Å². The summed E-state index contributed by atoms with van der Waals surface area (Å²) in [5, 5.41) is 15.2. The summed E-state index contributed by atoms with van der Waals surface area (Å²) in [5.41, 5.74) is 1.97. The lowest BCUT2D eigenvalue weighted by Crippen LogP contribution is -2.12. The molecule has 0 aliphatic carbocycles. The van der Waals surface area contributed by atoms with E-state index in [9.17, 15) is 18.8 Å². The van der Waals surface area contributed by atoms with E-state index >= 15 is 0 Å². The first-order valence-electron chi connectivity index (χ1n) is 11.2. The molecule has 0 unspecified atom stereocenters. The third kappa shape index (κ3) is 5.63. The van der Waals surface area contributed by atoms with Crippen molar-refractivity contribution in [3.05, 3.63) is 59.9 Å². The number of fused-ring (bicyclic) bond motifs is 1. The van der Waals surface area contributed by atoms with Crippen LogP contribution in [0.2, 0.25) is 0 Å². The van der Waals surface area contributed by atoms with Crippen LogP contribution in [0.3, 0.4) is 0 Å². The summed E-state index contributed by atoms with van der Waals surface area (Å²) >= 11 is 0. The summed E-state index contributed by atoms with van der Waals surface area (Å²) < 4.78 is 40.5. The van der Waals surface area contributed by atoms with Gasteiger partial charge in [0.1, 0.15) is 18.4 Å². The minimum absolute atomic E-state index is 0.0487. The zero-order valence-electron chi connectivity index (χ0n) is 19.6. The highest BCUT2D eigenvalue weighted by atomic mass is 19.3. The Morgan fingerprint density at radius 1 is 1.17 bits per heavy atom. The minimum atomic E-state index is -2.65. The smallest absolute Gasteiger partial charge is 0.306 e. The van der Waals surface area contributed by atoms with E-state index in [1.54, 1.807) is 26.1 Å². The van der Waals surface area contributed by atoms with Gasteiger partial charge in [-0.2, -0.15) is 10.2 Å². The molecule has 0 radical (unpaired) electrons. The minimum Gasteiger partial charge on any atom is -0.486 e. The van der Waals surface area contributed by atoms with Crippen molar-refractivity contribution in [3.63, 3.8) is 0 Å². The monoisotopic (exact) mass is 492 g/mol. The van der Waals surface area contributed by atoms with Gasteiger partial charge in [-0.1, -0.05) is 23.4 Å². The Labute approximate surface area is 205 Å². The number of rotatable bonds is 9. The zero-order chi connectivity index (χ0) is 25.7. The highest BCUT2D eigenvalue weighted by molar-refractivity contribution is 5.96. The van der Waals surface area contributed by atoms with Crippen molar-refractivity contribution in [2.24, 2.45) is 0 Å². The number of carbonyl (C=O) groups excluding carboxylic acids is 1. The number of nitriles is 1. The first kappa shape index (κ1) is 24.7. The van der Waals surface area contributed by atoms with Crippen molar-refractivity contribution in [1.29, 1.82) is 5.26 Å². The van der Waals surface area contributed by atoms with Crippen molar-refractivity contribution in [2.45, 2.75) is 39.2 Å². The molecule has 0 saturated heterocycles. The van der Waals surface area contributed by atoms with Crippen LogP contribution in [0.5, 0.6) is 5.75 Å². The third-order valence-electron chi connectivity index (χ3n) is 5.20. The Morgan fingerprint density at radius 2 is 2.00 bits per heavy atom. The number of halogens is 2. The molecule has 184 valence electrons. The van der Waals surface area contributed by atoms with Gasteiger partial charge in [-0.25, -0.2) is 8.78 Å². The van der Waals surface area contributed by atoms with E-state index in [0.29, 0.717) is 23.4 Å². The molecule has 4 rings (SSSR count). The Balaban J connectivity index is 1.61. The lowest BCUT2D eigenvalue weighted by molar-refractivity contribution is -0.147. The number of benzene rings is 2. The molecule has 0 aliphatic rings. The molecule has 0 bridgehead atoms. The Kier molecular flexibility index (Phi) is 7.49. The van der Waals surface area contributed by atoms with Crippen molar-refractivity contribution in [2.75, 3.05) is 6.61 Å². The molecule has 0 N–H and O–H groups in total.